The molecule has 0 bridgehead atoms. The van der Waals surface area contributed by atoms with Gasteiger partial charge in [0.15, 0.2) is 0 Å². The van der Waals surface area contributed by atoms with Gasteiger partial charge in [0.05, 0.1) is 0 Å². The molecule has 0 radical (unpaired) electrons. The zero-order valence-corrected chi connectivity index (χ0v) is 13.3. The Morgan fingerprint density at radius 3 is 2.43 bits per heavy atom. The Bertz CT molecular complexity index is 445. The zero-order valence-electron chi connectivity index (χ0n) is 13.3. The van der Waals surface area contributed by atoms with Crippen molar-refractivity contribution in [3.05, 3.63) is 35.9 Å². The number of likely N-dealkylation sites (N-methyl/N-ethyl adjacent to an activating group) is 1. The van der Waals surface area contributed by atoms with Crippen molar-refractivity contribution in [2.24, 2.45) is 0 Å². The van der Waals surface area contributed by atoms with Crippen molar-refractivity contribution >= 4 is 11.8 Å². The summed E-state index contributed by atoms with van der Waals surface area (Å²) in [6.45, 7) is 6.80. The fourth-order valence-electron chi connectivity index (χ4n) is 2.25. The molecule has 0 saturated heterocycles. The Morgan fingerprint density at radius 2 is 1.86 bits per heavy atom. The minimum absolute atomic E-state index is 0.0483. The van der Waals surface area contributed by atoms with Crippen molar-refractivity contribution in [3.8, 4) is 0 Å². The number of hydrogen-bond acceptors (Lipinski definition) is 2. The van der Waals surface area contributed by atoms with Crippen LogP contribution < -0.4 is 5.32 Å². The number of benzene rings is 1. The molecule has 0 fully saturated rings. The van der Waals surface area contributed by atoms with Crippen LogP contribution in [0.1, 0.15) is 39.2 Å². The lowest BCUT2D eigenvalue weighted by Gasteiger charge is -2.28. The molecule has 1 atom stereocenters. The number of amides is 2. The van der Waals surface area contributed by atoms with Crippen LogP contribution in [0.15, 0.2) is 30.3 Å². The van der Waals surface area contributed by atoms with Crippen LogP contribution in [0.4, 0.5) is 0 Å². The first kappa shape index (κ1) is 17.2. The maximum Gasteiger partial charge on any atom is 0.242 e. The highest BCUT2D eigenvalue weighted by Crippen LogP contribution is 2.08. The summed E-state index contributed by atoms with van der Waals surface area (Å²) in [5.74, 6) is -0.0396. The van der Waals surface area contributed by atoms with E-state index in [-0.39, 0.29) is 11.8 Å². The van der Waals surface area contributed by atoms with Gasteiger partial charge in [-0.3, -0.25) is 9.59 Å². The van der Waals surface area contributed by atoms with Crippen LogP contribution in [-0.4, -0.2) is 35.8 Å². The Balaban J connectivity index is 2.72. The summed E-state index contributed by atoms with van der Waals surface area (Å²) < 4.78 is 0. The van der Waals surface area contributed by atoms with Crippen molar-refractivity contribution in [2.45, 2.75) is 46.1 Å². The predicted molar refractivity (Wildman–Crippen MR) is 84.9 cm³/mol. The van der Waals surface area contributed by atoms with Gasteiger partial charge < -0.3 is 10.2 Å². The van der Waals surface area contributed by atoms with Crippen LogP contribution in [0.3, 0.4) is 0 Å². The molecule has 0 aromatic heterocycles. The smallest absolute Gasteiger partial charge is 0.242 e. The van der Waals surface area contributed by atoms with E-state index in [1.807, 2.05) is 44.2 Å². The molecule has 0 unspecified atom stereocenters. The third-order valence-electron chi connectivity index (χ3n) is 3.47. The number of hydrogen-bond donors (Lipinski definition) is 1. The molecular weight excluding hydrogens is 264 g/mol. The molecule has 116 valence electrons. The zero-order chi connectivity index (χ0) is 15.7. The molecule has 1 aromatic carbocycles. The SMILES string of the molecule is CCCC(=O)N(CCc1ccccc1)[C@@H](C)C(=O)NCC. The quantitative estimate of drug-likeness (QED) is 0.799. The minimum atomic E-state index is -0.423. The van der Waals surface area contributed by atoms with Gasteiger partial charge in [-0.15, -0.1) is 0 Å². The van der Waals surface area contributed by atoms with E-state index in [9.17, 15) is 9.59 Å². The largest absolute Gasteiger partial charge is 0.355 e. The van der Waals surface area contributed by atoms with Gasteiger partial charge in [-0.2, -0.15) is 0 Å². The molecule has 1 N–H and O–H groups in total. The van der Waals surface area contributed by atoms with Gasteiger partial charge in [0.2, 0.25) is 11.8 Å². The molecule has 4 heteroatoms. The molecule has 0 saturated carbocycles. The van der Waals surface area contributed by atoms with Crippen LogP contribution >= 0.6 is 0 Å². The number of nitrogens with zero attached hydrogens (tertiary/aromatic N) is 1. The van der Waals surface area contributed by atoms with Gasteiger partial charge in [0, 0.05) is 19.5 Å². The maximum absolute atomic E-state index is 12.3. The monoisotopic (exact) mass is 290 g/mol. The van der Waals surface area contributed by atoms with E-state index in [0.717, 1.165) is 12.8 Å². The number of carbonyl (C=O) groups is 2. The van der Waals surface area contributed by atoms with Gasteiger partial charge in [-0.25, -0.2) is 0 Å². The molecule has 4 nitrogen and oxygen atoms in total. The Labute approximate surface area is 127 Å². The average molecular weight is 290 g/mol. The normalized spacial score (nSPS) is 11.8. The van der Waals surface area contributed by atoms with E-state index in [4.69, 9.17) is 0 Å². The van der Waals surface area contributed by atoms with Gasteiger partial charge in [-0.05, 0) is 32.3 Å². The highest BCUT2D eigenvalue weighted by molar-refractivity contribution is 5.87. The van der Waals surface area contributed by atoms with Crippen LogP contribution in [0, 0.1) is 0 Å². The fourth-order valence-corrected chi connectivity index (χ4v) is 2.25. The Kier molecular flexibility index (Phi) is 7.51. The van der Waals surface area contributed by atoms with E-state index in [0.29, 0.717) is 19.5 Å². The molecule has 2 amide bonds. The first-order valence-electron chi connectivity index (χ1n) is 7.71. The van der Waals surface area contributed by atoms with E-state index >= 15 is 0 Å². The third-order valence-corrected chi connectivity index (χ3v) is 3.47. The van der Waals surface area contributed by atoms with Crippen molar-refractivity contribution in [3.63, 3.8) is 0 Å². The van der Waals surface area contributed by atoms with Gasteiger partial charge in [0.1, 0.15) is 6.04 Å². The molecule has 1 aromatic rings. The van der Waals surface area contributed by atoms with Crippen molar-refractivity contribution in [1.29, 1.82) is 0 Å². The Morgan fingerprint density at radius 1 is 1.19 bits per heavy atom. The lowest BCUT2D eigenvalue weighted by Crippen LogP contribution is -2.48. The van der Waals surface area contributed by atoms with Crippen LogP contribution in [0.2, 0.25) is 0 Å². The van der Waals surface area contributed by atoms with Crippen molar-refractivity contribution in [2.75, 3.05) is 13.1 Å². The average Bonchev–Trinajstić information content (AvgIpc) is 2.49. The van der Waals surface area contributed by atoms with Crippen LogP contribution in [0.5, 0.6) is 0 Å². The summed E-state index contributed by atoms with van der Waals surface area (Å²) in [5, 5.41) is 2.79. The van der Waals surface area contributed by atoms with Crippen molar-refractivity contribution in [1.82, 2.24) is 10.2 Å². The van der Waals surface area contributed by atoms with E-state index in [1.54, 1.807) is 11.8 Å². The minimum Gasteiger partial charge on any atom is -0.355 e. The molecule has 1 rings (SSSR count). The van der Waals surface area contributed by atoms with E-state index in [1.165, 1.54) is 5.56 Å². The predicted octanol–water partition coefficient (Wildman–Crippen LogP) is 2.38. The molecule has 21 heavy (non-hydrogen) atoms. The second kappa shape index (κ2) is 9.16. The molecular formula is C17H26N2O2. The summed E-state index contributed by atoms with van der Waals surface area (Å²) in [7, 11) is 0. The second-order valence-corrected chi connectivity index (χ2v) is 5.14. The summed E-state index contributed by atoms with van der Waals surface area (Å²) in [5.41, 5.74) is 1.18. The third kappa shape index (κ3) is 5.58. The van der Waals surface area contributed by atoms with Gasteiger partial charge in [-0.1, -0.05) is 37.3 Å². The molecule has 0 aliphatic heterocycles. The first-order chi connectivity index (χ1) is 10.1. The fraction of sp³-hybridized carbons (Fsp3) is 0.529. The Hall–Kier alpha value is -1.84. The standard InChI is InChI=1S/C17H26N2O2/c1-4-9-16(20)19(14(3)17(21)18-5-2)13-12-15-10-7-6-8-11-15/h6-8,10-11,14H,4-5,9,12-13H2,1-3H3,(H,18,21)/t14-/m0/s1. The lowest BCUT2D eigenvalue weighted by atomic mass is 10.1. The van der Waals surface area contributed by atoms with Gasteiger partial charge >= 0.3 is 0 Å². The van der Waals surface area contributed by atoms with E-state index < -0.39 is 6.04 Å². The maximum atomic E-state index is 12.3. The number of nitrogens with one attached hydrogen (secondary N) is 1. The van der Waals surface area contributed by atoms with E-state index in [2.05, 4.69) is 5.32 Å². The molecule has 0 aliphatic carbocycles. The van der Waals surface area contributed by atoms with Crippen LogP contribution in [0.25, 0.3) is 0 Å². The van der Waals surface area contributed by atoms with Crippen LogP contribution in [-0.2, 0) is 16.0 Å². The first-order valence-corrected chi connectivity index (χ1v) is 7.71. The highest BCUT2D eigenvalue weighted by atomic mass is 16.2. The van der Waals surface area contributed by atoms with Gasteiger partial charge in [0.25, 0.3) is 0 Å². The number of rotatable bonds is 8. The number of carbonyl (C=O) groups excluding carboxylic acids is 2. The highest BCUT2D eigenvalue weighted by Gasteiger charge is 2.24. The summed E-state index contributed by atoms with van der Waals surface area (Å²) in [4.78, 5) is 26.0. The summed E-state index contributed by atoms with van der Waals surface area (Å²) >= 11 is 0. The van der Waals surface area contributed by atoms with Crippen molar-refractivity contribution < 1.29 is 9.59 Å². The topological polar surface area (TPSA) is 49.4 Å². The molecule has 0 spiro atoms. The summed E-state index contributed by atoms with van der Waals surface area (Å²) in [6.07, 6.45) is 2.04. The molecule has 0 aliphatic rings. The summed E-state index contributed by atoms with van der Waals surface area (Å²) in [6, 6.07) is 9.61. The lowest BCUT2D eigenvalue weighted by molar-refractivity contribution is -0.139. The second-order valence-electron chi connectivity index (χ2n) is 5.14. The molecule has 0 heterocycles.